The Bertz CT molecular complexity index is 442. The maximum absolute atomic E-state index is 4.55. The lowest BCUT2D eigenvalue weighted by Crippen LogP contribution is -2.18. The highest BCUT2D eigenvalue weighted by Gasteiger charge is 1.99. The van der Waals surface area contributed by atoms with Crippen LogP contribution in [0.3, 0.4) is 0 Å². The molecular weight excluding hydrogens is 224 g/mol. The summed E-state index contributed by atoms with van der Waals surface area (Å²) in [6.45, 7) is 3.07. The summed E-state index contributed by atoms with van der Waals surface area (Å²) in [4.78, 5) is 6.78. The molecule has 0 aliphatic rings. The van der Waals surface area contributed by atoms with Gasteiger partial charge in [-0.05, 0) is 52.2 Å². The minimum Gasteiger partial charge on any atom is -0.311 e. The Morgan fingerprint density at radius 2 is 2.17 bits per heavy atom. The molecule has 0 atom stereocenters. The first-order chi connectivity index (χ1) is 8.75. The number of nitrogens with zero attached hydrogens (tertiary/aromatic N) is 3. The second kappa shape index (κ2) is 6.52. The number of aromatic nitrogens is 2. The Hall–Kier alpha value is -1.39. The van der Waals surface area contributed by atoms with Crippen LogP contribution >= 0.6 is 0 Å². The summed E-state index contributed by atoms with van der Waals surface area (Å²) in [5.41, 5.74) is 2.12. The summed E-state index contributed by atoms with van der Waals surface area (Å²) in [5, 5.41) is 3.44. The minimum atomic E-state index is 0.851. The van der Waals surface area contributed by atoms with Gasteiger partial charge in [-0.1, -0.05) is 6.07 Å². The van der Waals surface area contributed by atoms with E-state index in [1.54, 1.807) is 0 Å². The van der Waals surface area contributed by atoms with E-state index in [4.69, 9.17) is 0 Å². The molecule has 2 aromatic rings. The van der Waals surface area contributed by atoms with Crippen molar-refractivity contribution < 1.29 is 0 Å². The second-order valence-corrected chi connectivity index (χ2v) is 4.89. The van der Waals surface area contributed by atoms with E-state index in [1.165, 1.54) is 12.8 Å². The van der Waals surface area contributed by atoms with Gasteiger partial charge in [-0.2, -0.15) is 0 Å². The molecule has 0 spiro atoms. The Morgan fingerprint density at radius 1 is 1.28 bits per heavy atom. The van der Waals surface area contributed by atoms with Gasteiger partial charge in [0.2, 0.25) is 0 Å². The highest BCUT2D eigenvalue weighted by Crippen LogP contribution is 2.03. The average molecular weight is 246 g/mol. The largest absolute Gasteiger partial charge is 0.311 e. The standard InChI is InChI=1S/C14H22N4/c1-17(2)9-6-4-8-15-11-13-12-18-10-5-3-7-14(18)16-13/h3,5,7,10,12,15H,4,6,8-9,11H2,1-2H3. The molecule has 4 heteroatoms. The van der Waals surface area contributed by atoms with Crippen LogP contribution in [0, 0.1) is 0 Å². The van der Waals surface area contributed by atoms with E-state index in [-0.39, 0.29) is 0 Å². The molecule has 0 unspecified atom stereocenters. The zero-order valence-corrected chi connectivity index (χ0v) is 11.3. The van der Waals surface area contributed by atoms with Crippen molar-refractivity contribution in [2.24, 2.45) is 0 Å². The lowest BCUT2D eigenvalue weighted by molar-refractivity contribution is 0.391. The molecule has 0 amide bonds. The van der Waals surface area contributed by atoms with E-state index in [0.29, 0.717) is 0 Å². The molecule has 0 radical (unpaired) electrons. The number of hydrogen-bond acceptors (Lipinski definition) is 3. The molecule has 1 N–H and O–H groups in total. The van der Waals surface area contributed by atoms with Crippen LogP contribution in [-0.2, 0) is 6.54 Å². The van der Waals surface area contributed by atoms with Crippen LogP contribution in [0.25, 0.3) is 5.65 Å². The van der Waals surface area contributed by atoms with Crippen LogP contribution in [0.4, 0.5) is 0 Å². The molecule has 2 heterocycles. The van der Waals surface area contributed by atoms with Crippen LogP contribution in [0.2, 0.25) is 0 Å². The Balaban J connectivity index is 1.70. The first-order valence-electron chi connectivity index (χ1n) is 6.54. The molecule has 0 saturated heterocycles. The molecule has 2 aromatic heterocycles. The van der Waals surface area contributed by atoms with Gasteiger partial charge >= 0.3 is 0 Å². The smallest absolute Gasteiger partial charge is 0.137 e. The monoisotopic (exact) mass is 246 g/mol. The van der Waals surface area contributed by atoms with Gasteiger partial charge in [-0.15, -0.1) is 0 Å². The highest BCUT2D eigenvalue weighted by atomic mass is 15.0. The van der Waals surface area contributed by atoms with E-state index >= 15 is 0 Å². The summed E-state index contributed by atoms with van der Waals surface area (Å²) < 4.78 is 2.06. The van der Waals surface area contributed by atoms with Gasteiger partial charge in [0.15, 0.2) is 0 Å². The lowest BCUT2D eigenvalue weighted by atomic mass is 10.3. The van der Waals surface area contributed by atoms with Crippen molar-refractivity contribution in [2.45, 2.75) is 19.4 Å². The zero-order valence-electron chi connectivity index (χ0n) is 11.3. The zero-order chi connectivity index (χ0) is 12.8. The SMILES string of the molecule is CN(C)CCCCNCc1cn2ccccc2n1. The maximum atomic E-state index is 4.55. The summed E-state index contributed by atoms with van der Waals surface area (Å²) in [7, 11) is 4.23. The van der Waals surface area contributed by atoms with Gasteiger partial charge in [-0.25, -0.2) is 4.98 Å². The number of fused-ring (bicyclic) bond motifs is 1. The number of nitrogens with one attached hydrogen (secondary N) is 1. The van der Waals surface area contributed by atoms with Crippen molar-refractivity contribution in [1.29, 1.82) is 0 Å². The fourth-order valence-electron chi connectivity index (χ4n) is 1.97. The van der Waals surface area contributed by atoms with E-state index in [2.05, 4.69) is 39.9 Å². The molecule has 98 valence electrons. The van der Waals surface area contributed by atoms with E-state index < -0.39 is 0 Å². The van der Waals surface area contributed by atoms with Gasteiger partial charge in [0.25, 0.3) is 0 Å². The molecule has 2 rings (SSSR count). The maximum Gasteiger partial charge on any atom is 0.137 e. The first kappa shape index (κ1) is 13.1. The van der Waals surface area contributed by atoms with Crippen molar-refractivity contribution >= 4 is 5.65 Å². The minimum absolute atomic E-state index is 0.851. The summed E-state index contributed by atoms with van der Waals surface area (Å²) in [5.74, 6) is 0. The molecular formula is C14H22N4. The van der Waals surface area contributed by atoms with Crippen molar-refractivity contribution in [3.8, 4) is 0 Å². The molecule has 0 aliphatic heterocycles. The van der Waals surface area contributed by atoms with Crippen LogP contribution in [0.15, 0.2) is 30.6 Å². The quantitative estimate of drug-likeness (QED) is 0.756. The topological polar surface area (TPSA) is 32.6 Å². The molecule has 0 bridgehead atoms. The van der Waals surface area contributed by atoms with Gasteiger partial charge < -0.3 is 14.6 Å². The predicted octanol–water partition coefficient (Wildman–Crippen LogP) is 1.77. The highest BCUT2D eigenvalue weighted by molar-refractivity contribution is 5.39. The normalized spacial score (nSPS) is 11.5. The first-order valence-corrected chi connectivity index (χ1v) is 6.54. The van der Waals surface area contributed by atoms with Crippen molar-refractivity contribution in [3.63, 3.8) is 0 Å². The fraction of sp³-hybridized carbons (Fsp3) is 0.500. The third kappa shape index (κ3) is 3.82. The van der Waals surface area contributed by atoms with E-state index in [1.807, 2.05) is 24.4 Å². The summed E-state index contributed by atoms with van der Waals surface area (Å²) >= 11 is 0. The molecule has 0 saturated carbocycles. The lowest BCUT2D eigenvalue weighted by Gasteiger charge is -2.08. The molecule has 0 aromatic carbocycles. The van der Waals surface area contributed by atoms with Gasteiger partial charge in [-0.3, -0.25) is 0 Å². The van der Waals surface area contributed by atoms with Crippen LogP contribution in [-0.4, -0.2) is 41.5 Å². The van der Waals surface area contributed by atoms with Gasteiger partial charge in [0, 0.05) is 18.9 Å². The van der Waals surface area contributed by atoms with Crippen LogP contribution < -0.4 is 5.32 Å². The van der Waals surface area contributed by atoms with Crippen molar-refractivity contribution in [2.75, 3.05) is 27.2 Å². The summed E-state index contributed by atoms with van der Waals surface area (Å²) in [6.07, 6.45) is 6.57. The van der Waals surface area contributed by atoms with E-state index in [9.17, 15) is 0 Å². The van der Waals surface area contributed by atoms with Crippen LogP contribution in [0.5, 0.6) is 0 Å². The number of imidazole rings is 1. The van der Waals surface area contributed by atoms with Crippen molar-refractivity contribution in [1.82, 2.24) is 19.6 Å². The molecule has 0 aliphatic carbocycles. The average Bonchev–Trinajstić information content (AvgIpc) is 2.75. The molecule has 4 nitrogen and oxygen atoms in total. The van der Waals surface area contributed by atoms with Crippen LogP contribution in [0.1, 0.15) is 18.5 Å². The molecule has 18 heavy (non-hydrogen) atoms. The number of hydrogen-bond donors (Lipinski definition) is 1. The second-order valence-electron chi connectivity index (χ2n) is 4.89. The molecule has 0 fully saturated rings. The third-order valence-corrected chi connectivity index (χ3v) is 2.93. The fourth-order valence-corrected chi connectivity index (χ4v) is 1.97. The Morgan fingerprint density at radius 3 is 2.94 bits per heavy atom. The predicted molar refractivity (Wildman–Crippen MR) is 74.7 cm³/mol. The van der Waals surface area contributed by atoms with Gasteiger partial charge in [0.1, 0.15) is 5.65 Å². The Labute approximate surface area is 109 Å². The summed E-state index contributed by atoms with van der Waals surface area (Å²) in [6, 6.07) is 6.06. The number of unbranched alkanes of at least 4 members (excludes halogenated alkanes) is 1. The number of rotatable bonds is 7. The van der Waals surface area contributed by atoms with Gasteiger partial charge in [0.05, 0.1) is 5.69 Å². The Kier molecular flexibility index (Phi) is 4.73. The van der Waals surface area contributed by atoms with Crippen molar-refractivity contribution in [3.05, 3.63) is 36.3 Å². The third-order valence-electron chi connectivity index (χ3n) is 2.93. The number of pyridine rings is 1. The van der Waals surface area contributed by atoms with E-state index in [0.717, 1.165) is 31.0 Å².